The summed E-state index contributed by atoms with van der Waals surface area (Å²) in [5.74, 6) is -0.312. The van der Waals surface area contributed by atoms with E-state index in [0.717, 1.165) is 12.1 Å². The SMILES string of the molecule is CC(C)(O)CNC(=O)Nc1ccc(C(=O)N2CCN(Cc3ccc(C(O)(C(F)(F)F)C(F)(F)F)cc3)CC2)cc1Cl. The number of alkyl halides is 6. The molecule has 0 aromatic heterocycles. The van der Waals surface area contributed by atoms with E-state index in [4.69, 9.17) is 11.6 Å². The number of nitrogens with zero attached hydrogens (tertiary/aromatic N) is 2. The van der Waals surface area contributed by atoms with Crippen LogP contribution in [0.1, 0.15) is 35.3 Å². The van der Waals surface area contributed by atoms with Gasteiger partial charge >= 0.3 is 18.4 Å². The summed E-state index contributed by atoms with van der Waals surface area (Å²) >= 11 is 6.24. The summed E-state index contributed by atoms with van der Waals surface area (Å²) < 4.78 is 78.6. The predicted molar refractivity (Wildman–Crippen MR) is 138 cm³/mol. The van der Waals surface area contributed by atoms with Gasteiger partial charge in [0.25, 0.3) is 11.5 Å². The number of nitrogens with one attached hydrogen (secondary N) is 2. The molecule has 3 rings (SSSR count). The second-order valence-corrected chi connectivity index (χ2v) is 10.7. The topological polar surface area (TPSA) is 105 Å². The first-order valence-corrected chi connectivity index (χ1v) is 12.7. The molecule has 0 spiro atoms. The van der Waals surface area contributed by atoms with Gasteiger partial charge in [0, 0.05) is 50.4 Å². The normalized spacial score (nSPS) is 15.5. The van der Waals surface area contributed by atoms with E-state index in [1.54, 1.807) is 4.90 Å². The van der Waals surface area contributed by atoms with Crippen molar-refractivity contribution in [3.8, 4) is 0 Å². The minimum absolute atomic E-state index is 0.00375. The van der Waals surface area contributed by atoms with Gasteiger partial charge < -0.3 is 25.7 Å². The molecule has 1 aliphatic heterocycles. The summed E-state index contributed by atoms with van der Waals surface area (Å²) in [5.41, 5.74) is -6.44. The number of piperazine rings is 1. The Morgan fingerprint density at radius 2 is 1.46 bits per heavy atom. The lowest BCUT2D eigenvalue weighted by molar-refractivity contribution is -0.376. The number of urea groups is 1. The van der Waals surface area contributed by atoms with Crippen LogP contribution >= 0.6 is 11.6 Å². The van der Waals surface area contributed by atoms with Crippen molar-refractivity contribution in [1.82, 2.24) is 15.1 Å². The molecule has 2 aromatic rings. The molecule has 0 aliphatic carbocycles. The van der Waals surface area contributed by atoms with Crippen LogP contribution in [0.3, 0.4) is 0 Å². The molecule has 0 bridgehead atoms. The van der Waals surface area contributed by atoms with E-state index < -0.39 is 35.1 Å². The second-order valence-electron chi connectivity index (χ2n) is 10.3. The molecule has 226 valence electrons. The summed E-state index contributed by atoms with van der Waals surface area (Å²) in [4.78, 5) is 28.4. The van der Waals surface area contributed by atoms with Crippen LogP contribution in [0.4, 0.5) is 36.8 Å². The third-order valence-electron chi connectivity index (χ3n) is 6.40. The zero-order valence-electron chi connectivity index (χ0n) is 22.0. The van der Waals surface area contributed by atoms with Crippen LogP contribution < -0.4 is 10.6 Å². The smallest absolute Gasteiger partial charge is 0.389 e. The highest BCUT2D eigenvalue weighted by Gasteiger charge is 2.71. The van der Waals surface area contributed by atoms with E-state index in [0.29, 0.717) is 43.9 Å². The quantitative estimate of drug-likeness (QED) is 0.346. The van der Waals surface area contributed by atoms with Gasteiger partial charge in [-0.3, -0.25) is 9.69 Å². The van der Waals surface area contributed by atoms with Crippen molar-refractivity contribution < 1.29 is 46.1 Å². The molecule has 15 heteroatoms. The zero-order valence-corrected chi connectivity index (χ0v) is 22.8. The van der Waals surface area contributed by atoms with Gasteiger partial charge in [-0.2, -0.15) is 26.3 Å². The Kier molecular flexibility index (Phi) is 9.53. The minimum Gasteiger partial charge on any atom is -0.389 e. The van der Waals surface area contributed by atoms with Gasteiger partial charge in [0.2, 0.25) is 0 Å². The van der Waals surface area contributed by atoms with Crippen LogP contribution in [0.2, 0.25) is 5.02 Å². The average molecular weight is 611 g/mol. The third kappa shape index (κ3) is 7.82. The highest BCUT2D eigenvalue weighted by atomic mass is 35.5. The van der Waals surface area contributed by atoms with Crippen molar-refractivity contribution in [3.63, 3.8) is 0 Å². The molecule has 0 unspecified atom stereocenters. The fourth-order valence-electron chi connectivity index (χ4n) is 4.10. The number of hydrogen-bond donors (Lipinski definition) is 4. The molecule has 1 saturated heterocycles. The number of carbonyl (C=O) groups is 2. The first-order valence-electron chi connectivity index (χ1n) is 12.4. The molecular formula is C26H29ClF6N4O4. The van der Waals surface area contributed by atoms with Crippen LogP contribution in [-0.2, 0) is 12.1 Å². The van der Waals surface area contributed by atoms with Crippen molar-refractivity contribution in [2.24, 2.45) is 0 Å². The Labute approximate surface area is 236 Å². The van der Waals surface area contributed by atoms with Crippen molar-refractivity contribution in [1.29, 1.82) is 0 Å². The first-order chi connectivity index (χ1) is 18.8. The third-order valence-corrected chi connectivity index (χ3v) is 6.72. The average Bonchev–Trinajstić information content (AvgIpc) is 2.87. The van der Waals surface area contributed by atoms with Crippen molar-refractivity contribution in [2.45, 2.75) is 43.9 Å². The minimum atomic E-state index is -5.96. The summed E-state index contributed by atoms with van der Waals surface area (Å²) in [6.45, 7) is 4.65. The van der Waals surface area contributed by atoms with Crippen molar-refractivity contribution in [2.75, 3.05) is 38.0 Å². The van der Waals surface area contributed by atoms with E-state index in [1.807, 2.05) is 4.90 Å². The lowest BCUT2D eigenvalue weighted by atomic mass is 9.91. The molecule has 2 aromatic carbocycles. The highest BCUT2D eigenvalue weighted by Crippen LogP contribution is 2.50. The molecular weight excluding hydrogens is 582 g/mol. The Morgan fingerprint density at radius 1 is 0.902 bits per heavy atom. The predicted octanol–water partition coefficient (Wildman–Crippen LogP) is 4.50. The van der Waals surface area contributed by atoms with Crippen LogP contribution in [0.15, 0.2) is 42.5 Å². The fourth-order valence-corrected chi connectivity index (χ4v) is 4.33. The largest absolute Gasteiger partial charge is 0.430 e. The molecule has 3 amide bonds. The maximum atomic E-state index is 13.1. The molecule has 0 atom stereocenters. The second kappa shape index (κ2) is 12.0. The molecule has 4 N–H and O–H groups in total. The number of anilines is 1. The molecule has 1 heterocycles. The number of benzene rings is 2. The summed E-state index contributed by atoms with van der Waals surface area (Å²) in [6, 6.07) is 7.19. The Hall–Kier alpha value is -3.07. The van der Waals surface area contributed by atoms with Gasteiger partial charge in [-0.15, -0.1) is 0 Å². The summed E-state index contributed by atoms with van der Waals surface area (Å²) in [5, 5.41) is 24.4. The van der Waals surface area contributed by atoms with Crippen LogP contribution in [0, 0.1) is 0 Å². The van der Waals surface area contributed by atoms with Crippen molar-refractivity contribution in [3.05, 3.63) is 64.2 Å². The maximum absolute atomic E-state index is 13.1. The van der Waals surface area contributed by atoms with Gasteiger partial charge in [0.15, 0.2) is 0 Å². The monoisotopic (exact) mass is 610 g/mol. The zero-order chi connectivity index (χ0) is 30.8. The van der Waals surface area contributed by atoms with Crippen LogP contribution in [0.5, 0.6) is 0 Å². The van der Waals surface area contributed by atoms with Gasteiger partial charge in [0.05, 0.1) is 16.3 Å². The molecule has 8 nitrogen and oxygen atoms in total. The summed E-state index contributed by atoms with van der Waals surface area (Å²) in [7, 11) is 0. The number of carbonyl (C=O) groups excluding carboxylic acids is 2. The van der Waals surface area contributed by atoms with Gasteiger partial charge in [-0.05, 0) is 37.6 Å². The first kappa shape index (κ1) is 32.4. The molecule has 1 fully saturated rings. The van der Waals surface area contributed by atoms with E-state index in [2.05, 4.69) is 10.6 Å². The van der Waals surface area contributed by atoms with E-state index in [9.17, 15) is 46.1 Å². The standard InChI is InChI=1S/C26H29ClF6N4O4/c1-23(2,40)15-34-22(39)35-20-8-5-17(13-19(20)27)21(38)37-11-9-36(10-12-37)14-16-3-6-18(7-4-16)24(41,25(28,29)30)26(31,32)33/h3-8,13,40-41H,9-12,14-15H2,1-2H3,(H2,34,35,39). The fraction of sp³-hybridized carbons (Fsp3) is 0.462. The lowest BCUT2D eigenvalue weighted by Crippen LogP contribution is -2.53. The van der Waals surface area contributed by atoms with Gasteiger partial charge in [-0.1, -0.05) is 35.9 Å². The molecule has 41 heavy (non-hydrogen) atoms. The Balaban J connectivity index is 1.56. The number of aliphatic hydroxyl groups is 2. The number of amides is 3. The maximum Gasteiger partial charge on any atom is 0.430 e. The van der Waals surface area contributed by atoms with E-state index >= 15 is 0 Å². The molecule has 1 aliphatic rings. The lowest BCUT2D eigenvalue weighted by Gasteiger charge is -2.35. The number of halogens is 7. The van der Waals surface area contributed by atoms with Crippen LogP contribution in [-0.4, -0.2) is 82.6 Å². The van der Waals surface area contributed by atoms with Gasteiger partial charge in [0.1, 0.15) is 0 Å². The Morgan fingerprint density at radius 3 is 1.95 bits per heavy atom. The number of hydrogen-bond acceptors (Lipinski definition) is 5. The van der Waals surface area contributed by atoms with Gasteiger partial charge in [-0.25, -0.2) is 4.79 Å². The molecule has 0 saturated carbocycles. The van der Waals surface area contributed by atoms with E-state index in [1.165, 1.54) is 32.0 Å². The van der Waals surface area contributed by atoms with E-state index in [-0.39, 0.29) is 35.3 Å². The highest BCUT2D eigenvalue weighted by molar-refractivity contribution is 6.34. The number of rotatable bonds is 7. The molecule has 0 radical (unpaired) electrons. The van der Waals surface area contributed by atoms with Crippen LogP contribution in [0.25, 0.3) is 0 Å². The Bertz CT molecular complexity index is 1230. The summed E-state index contributed by atoms with van der Waals surface area (Å²) in [6.07, 6.45) is -11.9. The van der Waals surface area contributed by atoms with Crippen molar-refractivity contribution >= 4 is 29.2 Å².